The van der Waals surface area contributed by atoms with Gasteiger partial charge in [-0.3, -0.25) is 0 Å². The van der Waals surface area contributed by atoms with Gasteiger partial charge >= 0.3 is 12.2 Å². The number of imide groups is 1. The van der Waals surface area contributed by atoms with E-state index in [1.54, 1.807) is 0 Å². The number of benzene rings is 1. The quantitative estimate of drug-likeness (QED) is 0.487. The molecule has 0 radical (unpaired) electrons. The topological polar surface area (TPSA) is 61.8 Å². The van der Waals surface area contributed by atoms with Gasteiger partial charge in [0.2, 0.25) is 0 Å². The molecule has 0 bridgehead atoms. The molecule has 21 heavy (non-hydrogen) atoms. The summed E-state index contributed by atoms with van der Waals surface area (Å²) in [5, 5.41) is 0. The van der Waals surface area contributed by atoms with Gasteiger partial charge in [0.25, 0.3) is 0 Å². The van der Waals surface area contributed by atoms with E-state index in [1.807, 2.05) is 37.3 Å². The van der Waals surface area contributed by atoms with Gasteiger partial charge in [-0.25, -0.2) is 4.89 Å². The van der Waals surface area contributed by atoms with Crippen LogP contribution in [-0.2, 0) is 21.1 Å². The minimum atomic E-state index is -0.722. The predicted molar refractivity (Wildman–Crippen MR) is 73.9 cm³/mol. The molecule has 114 valence electrons. The molecule has 2 atom stereocenters. The summed E-state index contributed by atoms with van der Waals surface area (Å²) in [4.78, 5) is 33.7. The smallest absolute Gasteiger partial charge is 0.415 e. The van der Waals surface area contributed by atoms with Crippen LogP contribution in [0.3, 0.4) is 0 Å². The lowest BCUT2D eigenvalue weighted by molar-refractivity contribution is -0.801. The van der Waals surface area contributed by atoms with Crippen LogP contribution in [0.1, 0.15) is 25.3 Å². The molecule has 2 amide bonds. The molecule has 1 saturated heterocycles. The first-order chi connectivity index (χ1) is 10.1. The number of likely N-dealkylation sites (tertiary alicyclic amines) is 1. The van der Waals surface area contributed by atoms with E-state index < -0.39 is 16.7 Å². The van der Waals surface area contributed by atoms with Crippen molar-refractivity contribution < 1.29 is 28.6 Å². The van der Waals surface area contributed by atoms with Crippen molar-refractivity contribution in [2.75, 3.05) is 13.7 Å². The highest BCUT2D eigenvalue weighted by atomic mass is 17.2. The van der Waals surface area contributed by atoms with Gasteiger partial charge in [-0.1, -0.05) is 30.3 Å². The molecule has 1 aliphatic heterocycles. The second kappa shape index (κ2) is 6.69. The van der Waals surface area contributed by atoms with Gasteiger partial charge in [-0.05, 0) is 12.5 Å². The molecule has 6 heteroatoms. The average molecular weight is 294 g/mol. The molecule has 1 aromatic carbocycles. The van der Waals surface area contributed by atoms with Crippen molar-refractivity contribution in [2.24, 2.45) is 0 Å². The van der Waals surface area contributed by atoms with Crippen LogP contribution in [0.25, 0.3) is 0 Å². The zero-order valence-corrected chi connectivity index (χ0v) is 12.3. The Morgan fingerprint density at radius 3 is 2.52 bits per heavy atom. The lowest BCUT2D eigenvalue weighted by Crippen LogP contribution is -2.59. The van der Waals surface area contributed by atoms with E-state index >= 15 is 0 Å². The molecule has 0 unspecified atom stereocenters. The van der Waals surface area contributed by atoms with Crippen molar-refractivity contribution in [2.45, 2.75) is 32.4 Å². The number of amides is 2. The molecule has 0 saturated carbocycles. The lowest BCUT2D eigenvalue weighted by Gasteiger charge is -2.28. The second-order valence-corrected chi connectivity index (χ2v) is 5.14. The third-order valence-electron chi connectivity index (χ3n) is 3.90. The van der Waals surface area contributed by atoms with E-state index in [9.17, 15) is 9.59 Å². The molecule has 6 nitrogen and oxygen atoms in total. The Kier molecular flexibility index (Phi) is 4.93. The SMILES string of the molecule is COOC(=O)[N@@+]1(C(=O)OCc2ccccc2)CCC[C@H]1C. The molecule has 0 aromatic heterocycles. The van der Waals surface area contributed by atoms with Gasteiger partial charge in [-0.2, -0.15) is 14.5 Å². The number of nitrogens with zero attached hydrogens (tertiary/aromatic N) is 1. The van der Waals surface area contributed by atoms with Crippen molar-refractivity contribution in [3.05, 3.63) is 35.9 Å². The summed E-state index contributed by atoms with van der Waals surface area (Å²) in [5.41, 5.74) is 0.871. The van der Waals surface area contributed by atoms with Gasteiger partial charge in [0, 0.05) is 12.8 Å². The van der Waals surface area contributed by atoms with Gasteiger partial charge < -0.3 is 4.74 Å². The molecule has 1 fully saturated rings. The summed E-state index contributed by atoms with van der Waals surface area (Å²) < 4.78 is 4.86. The van der Waals surface area contributed by atoms with Crippen LogP contribution < -0.4 is 0 Å². The molecule has 0 spiro atoms. The van der Waals surface area contributed by atoms with E-state index in [0.29, 0.717) is 6.54 Å². The molecule has 0 N–H and O–H groups in total. The first kappa shape index (κ1) is 15.5. The van der Waals surface area contributed by atoms with E-state index in [-0.39, 0.29) is 12.6 Å². The normalized spacial score (nSPS) is 24.6. The highest BCUT2D eigenvalue weighted by Gasteiger charge is 2.56. The minimum absolute atomic E-state index is 0.132. The van der Waals surface area contributed by atoms with Crippen molar-refractivity contribution in [3.8, 4) is 0 Å². The highest BCUT2D eigenvalue weighted by molar-refractivity contribution is 5.76. The average Bonchev–Trinajstić information content (AvgIpc) is 2.89. The highest BCUT2D eigenvalue weighted by Crippen LogP contribution is 2.30. The van der Waals surface area contributed by atoms with E-state index in [0.717, 1.165) is 18.4 Å². The Morgan fingerprint density at radius 2 is 1.95 bits per heavy atom. The van der Waals surface area contributed by atoms with Crippen LogP contribution in [0.15, 0.2) is 30.3 Å². The molecule has 1 aromatic rings. The van der Waals surface area contributed by atoms with E-state index in [4.69, 9.17) is 4.74 Å². The summed E-state index contributed by atoms with van der Waals surface area (Å²) in [7, 11) is 1.24. The fraction of sp³-hybridized carbons (Fsp3) is 0.467. The van der Waals surface area contributed by atoms with Crippen molar-refractivity contribution in [3.63, 3.8) is 0 Å². The number of quaternary nitrogens is 1. The Morgan fingerprint density at radius 1 is 1.24 bits per heavy atom. The summed E-state index contributed by atoms with van der Waals surface area (Å²) in [5.74, 6) is 0. The van der Waals surface area contributed by atoms with Crippen LogP contribution in [0.2, 0.25) is 0 Å². The summed E-state index contributed by atoms with van der Waals surface area (Å²) in [6, 6.07) is 9.15. The van der Waals surface area contributed by atoms with Crippen LogP contribution in [-0.4, -0.2) is 36.4 Å². The fourth-order valence-corrected chi connectivity index (χ4v) is 2.67. The monoisotopic (exact) mass is 294 g/mol. The maximum absolute atomic E-state index is 12.5. The van der Waals surface area contributed by atoms with E-state index in [1.165, 1.54) is 7.11 Å². The summed E-state index contributed by atoms with van der Waals surface area (Å²) >= 11 is 0. The number of hydrogen-bond donors (Lipinski definition) is 0. The maximum atomic E-state index is 12.5. The summed E-state index contributed by atoms with van der Waals surface area (Å²) in [6.45, 7) is 2.34. The number of hydrogen-bond acceptors (Lipinski definition) is 5. The minimum Gasteiger partial charge on any atom is -0.415 e. The number of ether oxygens (including phenoxy) is 1. The molecule has 2 rings (SSSR count). The third-order valence-corrected chi connectivity index (χ3v) is 3.90. The second-order valence-electron chi connectivity index (χ2n) is 5.14. The zero-order valence-electron chi connectivity index (χ0n) is 12.3. The molecular weight excluding hydrogens is 274 g/mol. The fourth-order valence-electron chi connectivity index (χ4n) is 2.67. The van der Waals surface area contributed by atoms with Crippen molar-refractivity contribution in [1.82, 2.24) is 0 Å². The number of rotatable bonds is 3. The lowest BCUT2D eigenvalue weighted by atomic mass is 10.2. The van der Waals surface area contributed by atoms with Crippen LogP contribution in [0.4, 0.5) is 9.59 Å². The first-order valence-corrected chi connectivity index (χ1v) is 6.95. The van der Waals surface area contributed by atoms with Gasteiger partial charge in [0.1, 0.15) is 19.2 Å². The standard InChI is InChI=1S/C15H20NO5/c1-12-7-6-10-16(12,15(18)21-19-2)14(17)20-11-13-8-4-3-5-9-13/h3-5,8-9,12H,6-7,10-11H2,1-2H3/q+1/t12-,16+/m1/s1. The van der Waals surface area contributed by atoms with Crippen molar-refractivity contribution >= 4 is 12.2 Å². The number of carbonyl (C=O) groups is 2. The Labute approximate surface area is 123 Å². The van der Waals surface area contributed by atoms with Gasteiger partial charge in [-0.15, -0.1) is 4.48 Å². The van der Waals surface area contributed by atoms with Crippen molar-refractivity contribution in [1.29, 1.82) is 0 Å². The van der Waals surface area contributed by atoms with E-state index in [2.05, 4.69) is 9.78 Å². The summed E-state index contributed by atoms with van der Waals surface area (Å²) in [6.07, 6.45) is 0.214. The third kappa shape index (κ3) is 3.06. The molecule has 1 aliphatic rings. The molecule has 1 heterocycles. The molecule has 0 aliphatic carbocycles. The van der Waals surface area contributed by atoms with Crippen LogP contribution in [0.5, 0.6) is 0 Å². The largest absolute Gasteiger partial charge is 0.558 e. The van der Waals surface area contributed by atoms with Crippen LogP contribution in [0, 0.1) is 0 Å². The van der Waals surface area contributed by atoms with Gasteiger partial charge in [0.15, 0.2) is 0 Å². The van der Waals surface area contributed by atoms with Gasteiger partial charge in [0.05, 0.1) is 7.11 Å². The first-order valence-electron chi connectivity index (χ1n) is 6.95. The maximum Gasteiger partial charge on any atom is 0.558 e. The number of carbonyl (C=O) groups excluding carboxylic acids is 2. The Bertz CT molecular complexity index is 504. The molecular formula is C15H20NO5+. The zero-order chi connectivity index (χ0) is 15.3. The Balaban J connectivity index is 2.10. The Hall–Kier alpha value is -1.92. The van der Waals surface area contributed by atoms with Crippen LogP contribution >= 0.6 is 0 Å². The predicted octanol–water partition coefficient (Wildman–Crippen LogP) is 3.02.